The summed E-state index contributed by atoms with van der Waals surface area (Å²) in [5.74, 6) is 0.811. The Morgan fingerprint density at radius 2 is 2.70 bits per heavy atom. The zero-order chi connectivity index (χ0) is 6.72. The van der Waals surface area contributed by atoms with Crippen LogP contribution in [-0.2, 0) is 6.16 Å². The molecule has 0 aliphatic carbocycles. The summed E-state index contributed by atoms with van der Waals surface area (Å²) < 4.78 is 8.85. The van der Waals surface area contributed by atoms with Crippen molar-refractivity contribution in [2.24, 2.45) is 0 Å². The first-order valence-corrected chi connectivity index (χ1v) is 7.57. The standard InChI is InChI=1S/C2H3N4P3S/c3-2-1-8-4-7-6-9(10-6)5(2)8/h3H,1H2. The van der Waals surface area contributed by atoms with Crippen LogP contribution in [0, 0.1) is 5.41 Å². The van der Waals surface area contributed by atoms with Gasteiger partial charge < -0.3 is 0 Å². The Morgan fingerprint density at radius 3 is 3.40 bits per heavy atom. The molecule has 1 N–H and O–H groups in total. The molecule has 0 aromatic carbocycles. The maximum atomic E-state index is 7.47. The largest absolute Gasteiger partial charge is 0.287 e. The van der Waals surface area contributed by atoms with Crippen LogP contribution in [0.5, 0.6) is 0 Å². The second kappa shape index (κ2) is 1.67. The smallest absolute Gasteiger partial charge is 0.159 e. The Morgan fingerprint density at radius 1 is 1.80 bits per heavy atom. The second-order valence-electron chi connectivity index (χ2n) is 2.03. The lowest BCUT2D eigenvalue weighted by atomic mass is 10.7. The summed E-state index contributed by atoms with van der Waals surface area (Å²) in [5, 5.41) is 7.47. The minimum absolute atomic E-state index is 0.0966. The van der Waals surface area contributed by atoms with Crippen molar-refractivity contribution in [3.05, 3.63) is 0 Å². The van der Waals surface area contributed by atoms with Crippen LogP contribution in [-0.4, -0.2) is 17.8 Å². The molecule has 8 heteroatoms. The van der Waals surface area contributed by atoms with E-state index < -0.39 is 0 Å². The SMILES string of the molecule is N=C1Cp2npn3sp3n21. The lowest BCUT2D eigenvalue weighted by Crippen LogP contribution is -2.17. The quantitative estimate of drug-likeness (QED) is 0.709. The summed E-state index contributed by atoms with van der Waals surface area (Å²) in [5.41, 5.74) is 0. The number of hydrogen-bond acceptors (Lipinski definition) is 3. The first-order chi connectivity index (χ1) is 4.86. The van der Waals surface area contributed by atoms with Gasteiger partial charge in [-0.25, -0.2) is 4.09 Å². The van der Waals surface area contributed by atoms with Gasteiger partial charge in [0.2, 0.25) is 0 Å². The molecule has 4 nitrogen and oxygen atoms in total. The number of fused-ring (bicyclic) bond motifs is 3. The maximum Gasteiger partial charge on any atom is 0.159 e. The Kier molecular flexibility index (Phi) is 0.969. The van der Waals surface area contributed by atoms with Gasteiger partial charge in [0.15, 0.2) is 15.3 Å². The highest BCUT2D eigenvalue weighted by Crippen LogP contribution is 2.52. The Hall–Kier alpha value is 0.190. The van der Waals surface area contributed by atoms with E-state index in [0.717, 1.165) is 20.5 Å². The average molecular weight is 208 g/mol. The van der Waals surface area contributed by atoms with Crippen molar-refractivity contribution in [1.29, 1.82) is 5.41 Å². The Labute approximate surface area is 64.1 Å². The van der Waals surface area contributed by atoms with Crippen LogP contribution in [0.1, 0.15) is 0 Å². The van der Waals surface area contributed by atoms with E-state index >= 15 is 0 Å². The maximum absolute atomic E-state index is 7.47. The van der Waals surface area contributed by atoms with Crippen LogP contribution >= 0.6 is 34.3 Å². The predicted octanol–water partition coefficient (Wildman–Crippen LogP) is 2.45. The monoisotopic (exact) mass is 208 g/mol. The van der Waals surface area contributed by atoms with Gasteiger partial charge in [0.25, 0.3) is 0 Å². The van der Waals surface area contributed by atoms with Gasteiger partial charge in [-0.1, -0.05) is 0 Å². The van der Waals surface area contributed by atoms with Gasteiger partial charge in [-0.3, -0.25) is 5.41 Å². The second-order valence-corrected chi connectivity index (χ2v) is 9.26. The third-order valence-corrected chi connectivity index (χ3v) is 10.4. The molecule has 0 spiro atoms. The van der Waals surface area contributed by atoms with Gasteiger partial charge >= 0.3 is 0 Å². The highest BCUT2D eigenvalue weighted by molar-refractivity contribution is 7.99. The molecule has 0 saturated carbocycles. The fraction of sp³-hybridized carbons (Fsp3) is 0.500. The molecule has 3 rings (SSSR count). The highest BCUT2D eigenvalue weighted by atomic mass is 32.6. The van der Waals surface area contributed by atoms with Gasteiger partial charge in [0.05, 0.1) is 14.0 Å². The molecule has 10 heavy (non-hydrogen) atoms. The molecule has 0 bridgehead atoms. The van der Waals surface area contributed by atoms with E-state index in [1.165, 1.54) is 0 Å². The molecule has 52 valence electrons. The third-order valence-electron chi connectivity index (χ3n) is 1.40. The summed E-state index contributed by atoms with van der Waals surface area (Å²) in [6, 6.07) is 0. The lowest BCUT2D eigenvalue weighted by Gasteiger charge is -2.18. The van der Waals surface area contributed by atoms with Crippen LogP contribution in [0.15, 0.2) is 0 Å². The van der Waals surface area contributed by atoms with Crippen LogP contribution in [0.3, 0.4) is 0 Å². The van der Waals surface area contributed by atoms with Crippen LogP contribution in [0.2, 0.25) is 0 Å². The summed E-state index contributed by atoms with van der Waals surface area (Å²) in [6.45, 7) is -0.0966. The van der Waals surface area contributed by atoms with Gasteiger partial charge in [0.1, 0.15) is 5.84 Å². The molecule has 1 aliphatic rings. The van der Waals surface area contributed by atoms with Crippen LogP contribution in [0.25, 0.3) is 0 Å². The highest BCUT2D eigenvalue weighted by Gasteiger charge is 2.24. The minimum atomic E-state index is -0.222. The van der Waals surface area contributed by atoms with Crippen molar-refractivity contribution in [2.45, 2.75) is 6.16 Å². The molecular formula is C2H3N4P3S. The number of rotatable bonds is 0. The van der Waals surface area contributed by atoms with E-state index in [0.29, 0.717) is 0 Å². The van der Waals surface area contributed by atoms with Crippen molar-refractivity contribution in [3.63, 3.8) is 0 Å². The molecule has 0 fully saturated rings. The van der Waals surface area contributed by atoms with Crippen molar-refractivity contribution < 1.29 is 0 Å². The first kappa shape index (κ1) is 5.79. The number of aromatic nitrogens is 3. The van der Waals surface area contributed by atoms with Crippen LogP contribution < -0.4 is 0 Å². The van der Waals surface area contributed by atoms with Gasteiger partial charge in [0, 0.05) is 11.1 Å². The van der Waals surface area contributed by atoms with E-state index in [9.17, 15) is 0 Å². The summed E-state index contributed by atoms with van der Waals surface area (Å²) in [4.78, 5) is 0. The normalized spacial score (nSPS) is 20.2. The summed E-state index contributed by atoms with van der Waals surface area (Å²) in [6.07, 6.45) is 0.940. The Balaban J connectivity index is 2.49. The summed E-state index contributed by atoms with van der Waals surface area (Å²) >= 11 is 1.86. The number of hydrogen-bond donors (Lipinski definition) is 1. The van der Waals surface area contributed by atoms with Crippen molar-refractivity contribution in [1.82, 2.24) is 11.9 Å². The first-order valence-electron chi connectivity index (χ1n) is 2.71. The van der Waals surface area contributed by atoms with Gasteiger partial charge in [-0.05, 0) is 0 Å². The van der Waals surface area contributed by atoms with E-state index in [4.69, 9.17) is 5.41 Å². The molecule has 0 amide bonds. The molecule has 3 heterocycles. The van der Waals surface area contributed by atoms with Crippen molar-refractivity contribution in [3.8, 4) is 0 Å². The fourth-order valence-electron chi connectivity index (χ4n) is 0.874. The number of nitrogens with zero attached hydrogens (tertiary/aromatic N) is 3. The molecule has 2 unspecified atom stereocenters. The van der Waals surface area contributed by atoms with E-state index in [2.05, 4.69) is 11.9 Å². The molecular weight excluding hydrogens is 205 g/mol. The Bertz CT molecular complexity index is 422. The molecule has 2 aromatic rings. The summed E-state index contributed by atoms with van der Waals surface area (Å²) in [7, 11) is 0.926. The predicted molar refractivity (Wildman–Crippen MR) is 46.4 cm³/mol. The van der Waals surface area contributed by atoms with E-state index in [-0.39, 0.29) is 14.7 Å². The van der Waals surface area contributed by atoms with Gasteiger partial charge in [-0.2, -0.15) is 7.82 Å². The minimum Gasteiger partial charge on any atom is -0.287 e. The van der Waals surface area contributed by atoms with Crippen LogP contribution in [0.4, 0.5) is 0 Å². The average Bonchev–Trinajstić information content (AvgIpc) is 2.61. The zero-order valence-corrected chi connectivity index (χ0v) is 8.30. The van der Waals surface area contributed by atoms with Crippen molar-refractivity contribution in [2.75, 3.05) is 0 Å². The fourth-order valence-corrected chi connectivity index (χ4v) is 10.0. The molecule has 1 aliphatic heterocycles. The van der Waals surface area contributed by atoms with E-state index in [1.54, 1.807) is 0 Å². The topological polar surface area (TPSA) is 46.1 Å². The molecule has 0 radical (unpaired) electrons. The zero-order valence-electron chi connectivity index (χ0n) is 4.80. The third kappa shape index (κ3) is 0.573. The van der Waals surface area contributed by atoms with E-state index in [1.807, 2.05) is 11.1 Å². The molecule has 2 atom stereocenters. The molecule has 2 aromatic heterocycles. The number of nitrogens with one attached hydrogen (secondary N) is 1. The van der Waals surface area contributed by atoms with Crippen molar-refractivity contribution >= 4 is 40.2 Å². The lowest BCUT2D eigenvalue weighted by molar-refractivity contribution is 1.21. The van der Waals surface area contributed by atoms with Gasteiger partial charge in [-0.15, -0.1) is 0 Å². The molecule has 0 saturated heterocycles.